The first kappa shape index (κ1) is 6.54. The lowest BCUT2D eigenvalue weighted by molar-refractivity contribution is 1.26. The second-order valence-corrected chi connectivity index (χ2v) is 2.90. The number of hydrogen-bond donors (Lipinski definition) is 2. The third-order valence-electron chi connectivity index (χ3n) is 1.50. The molecule has 0 atom stereocenters. The lowest BCUT2D eigenvalue weighted by atomic mass is 10.3. The van der Waals surface area contributed by atoms with Gasteiger partial charge >= 0.3 is 0 Å². The molecule has 2 heterocycles. The van der Waals surface area contributed by atoms with Crippen molar-refractivity contribution < 1.29 is 0 Å². The fraction of sp³-hybridized carbons (Fsp3) is 0.143. The average molecular weight is 165 g/mol. The summed E-state index contributed by atoms with van der Waals surface area (Å²) in [6.07, 6.45) is 1.81. The van der Waals surface area contributed by atoms with Gasteiger partial charge in [0.05, 0.1) is 5.52 Å². The molecule has 0 radical (unpaired) electrons. The van der Waals surface area contributed by atoms with Crippen LogP contribution in [0.25, 0.3) is 11.2 Å². The minimum Gasteiger partial charge on any atom is -0.329 e. The van der Waals surface area contributed by atoms with Crippen molar-refractivity contribution >= 4 is 23.4 Å². The van der Waals surface area contributed by atoms with Crippen molar-refractivity contribution in [3.63, 3.8) is 0 Å². The van der Waals surface area contributed by atoms with Crippen molar-refractivity contribution in [3.05, 3.63) is 22.6 Å². The van der Waals surface area contributed by atoms with E-state index in [1.165, 1.54) is 0 Å². The summed E-state index contributed by atoms with van der Waals surface area (Å²) in [6, 6.07) is 2.01. The van der Waals surface area contributed by atoms with Gasteiger partial charge in [0.2, 0.25) is 0 Å². The predicted molar refractivity (Wildman–Crippen MR) is 46.0 cm³/mol. The van der Waals surface area contributed by atoms with E-state index in [1.807, 2.05) is 13.0 Å². The maximum atomic E-state index is 4.91. The number of pyridine rings is 1. The van der Waals surface area contributed by atoms with Crippen LogP contribution in [0.4, 0.5) is 0 Å². The number of hydrogen-bond acceptors (Lipinski definition) is 2. The van der Waals surface area contributed by atoms with Gasteiger partial charge in [-0.2, -0.15) is 0 Å². The summed E-state index contributed by atoms with van der Waals surface area (Å²) in [5, 5.41) is 0. The first-order valence-electron chi connectivity index (χ1n) is 3.30. The number of aromatic nitrogens is 3. The maximum absolute atomic E-state index is 4.91. The van der Waals surface area contributed by atoms with E-state index in [9.17, 15) is 0 Å². The molecule has 2 rings (SSSR count). The number of fused-ring (bicyclic) bond motifs is 1. The fourth-order valence-corrected chi connectivity index (χ4v) is 1.23. The number of nitrogens with zero attached hydrogens (tertiary/aromatic N) is 1. The standard InChI is InChI=1S/C7H7N3S/c1-4-2-5-6(8-3-4)10-7(11)9-5/h2-3H,1H3,(H2,8,9,10,11). The van der Waals surface area contributed by atoms with Crippen LogP contribution in [-0.2, 0) is 0 Å². The zero-order valence-corrected chi connectivity index (χ0v) is 6.83. The maximum Gasteiger partial charge on any atom is 0.176 e. The molecular formula is C7H7N3S. The summed E-state index contributed by atoms with van der Waals surface area (Å²) in [4.78, 5) is 10.1. The van der Waals surface area contributed by atoms with Crippen LogP contribution in [0.3, 0.4) is 0 Å². The van der Waals surface area contributed by atoms with Gasteiger partial charge in [0.1, 0.15) is 0 Å². The van der Waals surface area contributed by atoms with Crippen LogP contribution in [0.5, 0.6) is 0 Å². The molecule has 3 nitrogen and oxygen atoms in total. The van der Waals surface area contributed by atoms with Crippen molar-refractivity contribution in [3.8, 4) is 0 Å². The van der Waals surface area contributed by atoms with E-state index in [1.54, 1.807) is 6.20 Å². The van der Waals surface area contributed by atoms with Crippen molar-refractivity contribution in [2.24, 2.45) is 0 Å². The molecule has 11 heavy (non-hydrogen) atoms. The molecule has 0 aliphatic heterocycles. The molecule has 0 unspecified atom stereocenters. The number of H-pyrrole nitrogens is 2. The number of nitrogens with one attached hydrogen (secondary N) is 2. The molecule has 0 amide bonds. The Hall–Kier alpha value is -1.16. The fourth-order valence-electron chi connectivity index (χ4n) is 1.03. The normalized spacial score (nSPS) is 10.6. The van der Waals surface area contributed by atoms with Crippen molar-refractivity contribution in [2.45, 2.75) is 6.92 Å². The first-order chi connectivity index (χ1) is 5.25. The molecule has 2 aromatic heterocycles. The Bertz CT molecular complexity index is 440. The predicted octanol–water partition coefficient (Wildman–Crippen LogP) is 1.93. The molecule has 4 heteroatoms. The quantitative estimate of drug-likeness (QED) is 0.586. The molecule has 2 N–H and O–H groups in total. The highest BCUT2D eigenvalue weighted by Crippen LogP contribution is 2.07. The summed E-state index contributed by atoms with van der Waals surface area (Å²) in [5.74, 6) is 0. The number of aryl methyl sites for hydroxylation is 1. The zero-order chi connectivity index (χ0) is 7.84. The average Bonchev–Trinajstić information content (AvgIpc) is 2.27. The highest BCUT2D eigenvalue weighted by atomic mass is 32.1. The number of imidazole rings is 1. The second-order valence-electron chi connectivity index (χ2n) is 2.49. The van der Waals surface area contributed by atoms with E-state index in [2.05, 4.69) is 15.0 Å². The van der Waals surface area contributed by atoms with Gasteiger partial charge in [-0.15, -0.1) is 0 Å². The van der Waals surface area contributed by atoms with E-state index >= 15 is 0 Å². The van der Waals surface area contributed by atoms with Crippen molar-refractivity contribution in [1.82, 2.24) is 15.0 Å². The minimum atomic E-state index is 0.623. The third kappa shape index (κ3) is 1.05. The Balaban J connectivity index is 2.92. The van der Waals surface area contributed by atoms with Gasteiger partial charge in [0, 0.05) is 6.20 Å². The molecule has 0 spiro atoms. The van der Waals surface area contributed by atoms with Gasteiger partial charge in [-0.05, 0) is 30.8 Å². The topological polar surface area (TPSA) is 44.5 Å². The van der Waals surface area contributed by atoms with Crippen LogP contribution in [0.2, 0.25) is 0 Å². The summed E-state index contributed by atoms with van der Waals surface area (Å²) >= 11 is 4.91. The van der Waals surface area contributed by atoms with Crippen LogP contribution in [0.1, 0.15) is 5.56 Å². The van der Waals surface area contributed by atoms with Crippen LogP contribution in [0, 0.1) is 11.7 Å². The van der Waals surface area contributed by atoms with Gasteiger partial charge in [-0.25, -0.2) is 4.98 Å². The smallest absolute Gasteiger partial charge is 0.176 e. The lowest BCUT2D eigenvalue weighted by Gasteiger charge is -1.88. The Morgan fingerprint density at radius 1 is 1.45 bits per heavy atom. The Kier molecular flexibility index (Phi) is 1.29. The minimum absolute atomic E-state index is 0.623. The summed E-state index contributed by atoms with van der Waals surface area (Å²) in [7, 11) is 0. The van der Waals surface area contributed by atoms with Crippen LogP contribution < -0.4 is 0 Å². The first-order valence-corrected chi connectivity index (χ1v) is 3.71. The highest BCUT2D eigenvalue weighted by molar-refractivity contribution is 7.71. The molecular weight excluding hydrogens is 158 g/mol. The summed E-state index contributed by atoms with van der Waals surface area (Å²) in [6.45, 7) is 2.00. The summed E-state index contributed by atoms with van der Waals surface area (Å²) < 4.78 is 0.623. The van der Waals surface area contributed by atoms with E-state index in [4.69, 9.17) is 12.2 Å². The molecule has 56 valence electrons. The number of aromatic amines is 2. The monoisotopic (exact) mass is 165 g/mol. The van der Waals surface area contributed by atoms with Gasteiger partial charge in [-0.3, -0.25) is 0 Å². The molecule has 0 saturated carbocycles. The number of rotatable bonds is 0. The molecule has 0 bridgehead atoms. The Morgan fingerprint density at radius 2 is 2.27 bits per heavy atom. The molecule has 0 saturated heterocycles. The van der Waals surface area contributed by atoms with Gasteiger partial charge in [-0.1, -0.05) is 0 Å². The van der Waals surface area contributed by atoms with E-state index in [-0.39, 0.29) is 0 Å². The van der Waals surface area contributed by atoms with Gasteiger partial charge in [0.15, 0.2) is 10.4 Å². The summed E-state index contributed by atoms with van der Waals surface area (Å²) in [5.41, 5.74) is 2.92. The molecule has 0 fully saturated rings. The molecule has 0 aliphatic carbocycles. The lowest BCUT2D eigenvalue weighted by Crippen LogP contribution is -1.77. The van der Waals surface area contributed by atoms with Gasteiger partial charge < -0.3 is 9.97 Å². The van der Waals surface area contributed by atoms with Gasteiger partial charge in [0.25, 0.3) is 0 Å². The molecule has 0 aliphatic rings. The zero-order valence-electron chi connectivity index (χ0n) is 6.01. The second kappa shape index (κ2) is 2.17. The van der Waals surface area contributed by atoms with Crippen LogP contribution >= 0.6 is 12.2 Å². The Morgan fingerprint density at radius 3 is 3.09 bits per heavy atom. The van der Waals surface area contributed by atoms with Crippen LogP contribution in [0.15, 0.2) is 12.3 Å². The molecule has 2 aromatic rings. The van der Waals surface area contributed by atoms with E-state index in [0.717, 1.165) is 16.7 Å². The highest BCUT2D eigenvalue weighted by Gasteiger charge is 1.95. The largest absolute Gasteiger partial charge is 0.329 e. The van der Waals surface area contributed by atoms with E-state index in [0.29, 0.717) is 4.77 Å². The van der Waals surface area contributed by atoms with E-state index < -0.39 is 0 Å². The third-order valence-corrected chi connectivity index (χ3v) is 1.71. The Labute approximate surface area is 68.5 Å². The van der Waals surface area contributed by atoms with Crippen LogP contribution in [-0.4, -0.2) is 15.0 Å². The molecule has 0 aromatic carbocycles. The van der Waals surface area contributed by atoms with Crippen molar-refractivity contribution in [1.29, 1.82) is 0 Å². The van der Waals surface area contributed by atoms with Crippen molar-refractivity contribution in [2.75, 3.05) is 0 Å². The SMILES string of the molecule is Cc1cnc2[nH]c(=S)[nH]c2c1.